The SMILES string of the molecule is CCNS(=O)(=O)c1cccc(C(=O)N[C@H](C)c2ccccc2)c1. The molecule has 1 amide bonds. The van der Waals surface area contributed by atoms with Crippen LogP contribution in [-0.2, 0) is 10.0 Å². The van der Waals surface area contributed by atoms with Crippen molar-refractivity contribution in [3.63, 3.8) is 0 Å². The van der Waals surface area contributed by atoms with Gasteiger partial charge in [-0.05, 0) is 30.7 Å². The minimum absolute atomic E-state index is 0.0827. The fraction of sp³-hybridized carbons (Fsp3) is 0.235. The van der Waals surface area contributed by atoms with E-state index < -0.39 is 10.0 Å². The van der Waals surface area contributed by atoms with E-state index in [9.17, 15) is 13.2 Å². The molecule has 0 spiro atoms. The second-order valence-corrected chi connectivity index (χ2v) is 6.90. The molecule has 1 atom stereocenters. The van der Waals surface area contributed by atoms with Crippen LogP contribution in [0.2, 0.25) is 0 Å². The Morgan fingerprint density at radius 3 is 2.43 bits per heavy atom. The Kier molecular flexibility index (Phi) is 5.52. The highest BCUT2D eigenvalue weighted by Gasteiger charge is 2.16. The maximum Gasteiger partial charge on any atom is 0.251 e. The average Bonchev–Trinajstić information content (AvgIpc) is 2.55. The Labute approximate surface area is 136 Å². The molecule has 122 valence electrons. The van der Waals surface area contributed by atoms with Crippen LogP contribution in [0.1, 0.15) is 35.8 Å². The molecule has 2 aromatic rings. The van der Waals surface area contributed by atoms with Gasteiger partial charge in [-0.1, -0.05) is 43.3 Å². The van der Waals surface area contributed by atoms with Crippen molar-refractivity contribution in [3.8, 4) is 0 Å². The summed E-state index contributed by atoms with van der Waals surface area (Å²) in [7, 11) is -3.58. The Morgan fingerprint density at radius 2 is 1.78 bits per heavy atom. The molecular weight excluding hydrogens is 312 g/mol. The minimum atomic E-state index is -3.58. The molecule has 0 heterocycles. The van der Waals surface area contributed by atoms with E-state index >= 15 is 0 Å². The summed E-state index contributed by atoms with van der Waals surface area (Å²) in [6.07, 6.45) is 0. The number of hydrogen-bond donors (Lipinski definition) is 2. The molecule has 0 unspecified atom stereocenters. The standard InChI is InChI=1S/C17H20N2O3S/c1-3-18-23(21,22)16-11-7-10-15(12-16)17(20)19-13(2)14-8-5-4-6-9-14/h4-13,18H,3H2,1-2H3,(H,19,20)/t13-/m1/s1. The normalized spacial score (nSPS) is 12.6. The summed E-state index contributed by atoms with van der Waals surface area (Å²) < 4.78 is 26.4. The molecule has 0 fully saturated rings. The smallest absolute Gasteiger partial charge is 0.251 e. The topological polar surface area (TPSA) is 75.3 Å². The van der Waals surface area contributed by atoms with E-state index in [0.29, 0.717) is 12.1 Å². The van der Waals surface area contributed by atoms with Gasteiger partial charge in [0.2, 0.25) is 10.0 Å². The van der Waals surface area contributed by atoms with Gasteiger partial charge in [0.15, 0.2) is 0 Å². The molecule has 2 N–H and O–H groups in total. The summed E-state index contributed by atoms with van der Waals surface area (Å²) in [5.41, 5.74) is 1.30. The lowest BCUT2D eigenvalue weighted by Crippen LogP contribution is -2.27. The average molecular weight is 332 g/mol. The van der Waals surface area contributed by atoms with E-state index in [-0.39, 0.29) is 16.8 Å². The van der Waals surface area contributed by atoms with Crippen molar-refractivity contribution in [1.82, 2.24) is 10.0 Å². The number of carbonyl (C=O) groups is 1. The van der Waals surface area contributed by atoms with E-state index in [0.717, 1.165) is 5.56 Å². The molecule has 2 aromatic carbocycles. The van der Waals surface area contributed by atoms with Gasteiger partial charge in [-0.25, -0.2) is 13.1 Å². The third kappa shape index (κ3) is 4.40. The quantitative estimate of drug-likeness (QED) is 0.853. The zero-order chi connectivity index (χ0) is 16.9. The van der Waals surface area contributed by atoms with Crippen molar-refractivity contribution in [2.75, 3.05) is 6.54 Å². The van der Waals surface area contributed by atoms with Gasteiger partial charge < -0.3 is 5.32 Å². The van der Waals surface area contributed by atoms with Crippen molar-refractivity contribution >= 4 is 15.9 Å². The lowest BCUT2D eigenvalue weighted by atomic mass is 10.1. The molecule has 6 heteroatoms. The first-order chi connectivity index (χ1) is 10.9. The van der Waals surface area contributed by atoms with Gasteiger partial charge in [0.05, 0.1) is 10.9 Å². The molecule has 0 aliphatic heterocycles. The van der Waals surface area contributed by atoms with Crippen LogP contribution in [-0.4, -0.2) is 20.9 Å². The number of sulfonamides is 1. The predicted molar refractivity (Wildman–Crippen MR) is 89.6 cm³/mol. The van der Waals surface area contributed by atoms with Crippen LogP contribution in [0.15, 0.2) is 59.5 Å². The largest absolute Gasteiger partial charge is 0.346 e. The zero-order valence-corrected chi connectivity index (χ0v) is 13.9. The first-order valence-electron chi connectivity index (χ1n) is 7.39. The summed E-state index contributed by atoms with van der Waals surface area (Å²) in [5.74, 6) is -0.310. The predicted octanol–water partition coefficient (Wildman–Crippen LogP) is 2.48. The monoisotopic (exact) mass is 332 g/mol. The lowest BCUT2D eigenvalue weighted by Gasteiger charge is -2.14. The summed E-state index contributed by atoms with van der Waals surface area (Å²) in [4.78, 5) is 12.4. The van der Waals surface area contributed by atoms with Gasteiger partial charge in [0.1, 0.15) is 0 Å². The molecule has 23 heavy (non-hydrogen) atoms. The molecule has 0 saturated heterocycles. The van der Waals surface area contributed by atoms with E-state index in [1.165, 1.54) is 12.1 Å². The lowest BCUT2D eigenvalue weighted by molar-refractivity contribution is 0.0939. The van der Waals surface area contributed by atoms with E-state index in [4.69, 9.17) is 0 Å². The number of nitrogens with one attached hydrogen (secondary N) is 2. The maximum atomic E-state index is 12.3. The van der Waals surface area contributed by atoms with Crippen molar-refractivity contribution in [1.29, 1.82) is 0 Å². The van der Waals surface area contributed by atoms with Gasteiger partial charge in [0, 0.05) is 12.1 Å². The zero-order valence-electron chi connectivity index (χ0n) is 13.1. The van der Waals surface area contributed by atoms with Crippen LogP contribution < -0.4 is 10.0 Å². The highest BCUT2D eigenvalue weighted by atomic mass is 32.2. The fourth-order valence-corrected chi connectivity index (χ4v) is 3.27. The number of amides is 1. The first-order valence-corrected chi connectivity index (χ1v) is 8.88. The Morgan fingerprint density at radius 1 is 1.09 bits per heavy atom. The number of carbonyl (C=O) groups excluding carboxylic acids is 1. The van der Waals surface area contributed by atoms with Crippen LogP contribution in [0, 0.1) is 0 Å². The van der Waals surface area contributed by atoms with E-state index in [1.807, 2.05) is 37.3 Å². The second kappa shape index (κ2) is 7.39. The van der Waals surface area contributed by atoms with Gasteiger partial charge >= 0.3 is 0 Å². The molecular formula is C17H20N2O3S. The second-order valence-electron chi connectivity index (χ2n) is 5.13. The van der Waals surface area contributed by atoms with Crippen LogP contribution >= 0.6 is 0 Å². The molecule has 0 radical (unpaired) electrons. The number of benzene rings is 2. The maximum absolute atomic E-state index is 12.3. The fourth-order valence-electron chi connectivity index (χ4n) is 2.18. The molecule has 2 rings (SSSR count). The molecule has 0 saturated carbocycles. The molecule has 0 aromatic heterocycles. The van der Waals surface area contributed by atoms with Gasteiger partial charge in [-0.15, -0.1) is 0 Å². The van der Waals surface area contributed by atoms with Crippen LogP contribution in [0.3, 0.4) is 0 Å². The third-order valence-electron chi connectivity index (χ3n) is 3.39. The van der Waals surface area contributed by atoms with Gasteiger partial charge in [-0.2, -0.15) is 0 Å². The van der Waals surface area contributed by atoms with Crippen molar-refractivity contribution in [3.05, 3.63) is 65.7 Å². The Balaban J connectivity index is 2.17. The van der Waals surface area contributed by atoms with Crippen LogP contribution in [0.25, 0.3) is 0 Å². The first kappa shape index (κ1) is 17.2. The van der Waals surface area contributed by atoms with Crippen molar-refractivity contribution in [2.45, 2.75) is 24.8 Å². The highest BCUT2D eigenvalue weighted by Crippen LogP contribution is 2.15. The minimum Gasteiger partial charge on any atom is -0.346 e. The van der Waals surface area contributed by atoms with E-state index in [1.54, 1.807) is 19.1 Å². The van der Waals surface area contributed by atoms with Gasteiger partial charge in [-0.3, -0.25) is 4.79 Å². The third-order valence-corrected chi connectivity index (χ3v) is 4.93. The van der Waals surface area contributed by atoms with Crippen LogP contribution in [0.4, 0.5) is 0 Å². The summed E-state index contributed by atoms with van der Waals surface area (Å²) in [6, 6.07) is 15.4. The number of hydrogen-bond acceptors (Lipinski definition) is 3. The molecule has 0 bridgehead atoms. The summed E-state index contributed by atoms with van der Waals surface area (Å²) in [6.45, 7) is 3.88. The van der Waals surface area contributed by atoms with Crippen molar-refractivity contribution < 1.29 is 13.2 Å². The Hall–Kier alpha value is -2.18. The van der Waals surface area contributed by atoms with E-state index in [2.05, 4.69) is 10.0 Å². The molecule has 5 nitrogen and oxygen atoms in total. The molecule has 0 aliphatic carbocycles. The van der Waals surface area contributed by atoms with Crippen LogP contribution in [0.5, 0.6) is 0 Å². The number of rotatable bonds is 6. The molecule has 0 aliphatic rings. The van der Waals surface area contributed by atoms with Crippen molar-refractivity contribution in [2.24, 2.45) is 0 Å². The highest BCUT2D eigenvalue weighted by molar-refractivity contribution is 7.89. The summed E-state index contributed by atoms with van der Waals surface area (Å²) in [5, 5.41) is 2.87. The summed E-state index contributed by atoms with van der Waals surface area (Å²) >= 11 is 0. The Bertz CT molecular complexity index is 773. The van der Waals surface area contributed by atoms with Gasteiger partial charge in [0.25, 0.3) is 5.91 Å².